The average molecular weight is 264 g/mol. The lowest BCUT2D eigenvalue weighted by Gasteiger charge is -2.16. The largest absolute Gasteiger partial charge is 0.382 e. The van der Waals surface area contributed by atoms with Gasteiger partial charge in [0.25, 0.3) is 5.91 Å². The minimum atomic E-state index is -0.0877. The molecule has 0 aliphatic rings. The summed E-state index contributed by atoms with van der Waals surface area (Å²) in [7, 11) is 1.78. The van der Waals surface area contributed by atoms with Crippen molar-refractivity contribution in [2.75, 3.05) is 19.3 Å². The third-order valence-electron chi connectivity index (χ3n) is 2.81. The number of nitrogens with zero attached hydrogens (tertiary/aromatic N) is 2. The number of nitrogens with two attached hydrogens (primary N) is 1. The van der Waals surface area contributed by atoms with Crippen molar-refractivity contribution in [3.8, 4) is 0 Å². The molecule has 0 unspecified atom stereocenters. The van der Waals surface area contributed by atoms with Crippen molar-refractivity contribution in [1.29, 1.82) is 0 Å². The molecular formula is C12H16N4OS. The fourth-order valence-corrected chi connectivity index (χ4v) is 2.44. The Morgan fingerprint density at radius 1 is 1.61 bits per heavy atom. The van der Waals surface area contributed by atoms with Crippen LogP contribution in [0, 0.1) is 6.92 Å². The highest BCUT2D eigenvalue weighted by atomic mass is 32.1. The van der Waals surface area contributed by atoms with Gasteiger partial charge in [-0.25, -0.2) is 0 Å². The molecule has 6 heteroatoms. The van der Waals surface area contributed by atoms with E-state index < -0.39 is 0 Å². The Morgan fingerprint density at radius 3 is 2.94 bits per heavy atom. The zero-order valence-electron chi connectivity index (χ0n) is 10.4. The molecule has 1 amide bonds. The molecule has 2 rings (SSSR count). The van der Waals surface area contributed by atoms with Gasteiger partial charge in [-0.1, -0.05) is 6.07 Å². The third-order valence-corrected chi connectivity index (χ3v) is 3.75. The van der Waals surface area contributed by atoms with E-state index in [1.54, 1.807) is 30.2 Å². The van der Waals surface area contributed by atoms with Crippen molar-refractivity contribution in [1.82, 2.24) is 15.1 Å². The molecule has 2 aromatic heterocycles. The van der Waals surface area contributed by atoms with Crippen molar-refractivity contribution < 1.29 is 4.79 Å². The molecule has 2 heterocycles. The minimum Gasteiger partial charge on any atom is -0.382 e. The van der Waals surface area contributed by atoms with Crippen LogP contribution in [0.4, 0.5) is 5.82 Å². The number of nitrogens with one attached hydrogen (secondary N) is 1. The first-order valence-corrected chi connectivity index (χ1v) is 6.56. The second-order valence-electron chi connectivity index (χ2n) is 4.16. The van der Waals surface area contributed by atoms with Crippen molar-refractivity contribution in [2.45, 2.75) is 13.3 Å². The first-order valence-electron chi connectivity index (χ1n) is 5.68. The van der Waals surface area contributed by atoms with Crippen LogP contribution in [-0.4, -0.2) is 34.6 Å². The first-order chi connectivity index (χ1) is 8.59. The summed E-state index contributed by atoms with van der Waals surface area (Å²) in [5.74, 6) is 0.177. The number of thiophene rings is 1. The van der Waals surface area contributed by atoms with Gasteiger partial charge in [0.15, 0.2) is 5.82 Å². The summed E-state index contributed by atoms with van der Waals surface area (Å²) in [5, 5.41) is 8.60. The first kappa shape index (κ1) is 12.6. The van der Waals surface area contributed by atoms with Gasteiger partial charge in [-0.2, -0.15) is 5.10 Å². The molecule has 0 saturated heterocycles. The number of aromatic nitrogens is 2. The maximum Gasteiger partial charge on any atom is 0.259 e. The predicted octanol–water partition coefficient (Wildman–Crippen LogP) is 1.68. The second kappa shape index (κ2) is 5.22. The summed E-state index contributed by atoms with van der Waals surface area (Å²) in [5.41, 5.74) is 6.87. The smallest absolute Gasteiger partial charge is 0.259 e. The number of nitrogen functional groups attached to an aromatic ring is 1. The number of carbonyl (C=O) groups excluding carboxylic acids is 1. The van der Waals surface area contributed by atoms with E-state index in [-0.39, 0.29) is 11.7 Å². The lowest BCUT2D eigenvalue weighted by molar-refractivity contribution is 0.0797. The summed E-state index contributed by atoms with van der Waals surface area (Å²) < 4.78 is 0. The molecule has 3 N–H and O–H groups in total. The summed E-state index contributed by atoms with van der Waals surface area (Å²) in [4.78, 5) is 15.1. The van der Waals surface area contributed by atoms with Crippen LogP contribution in [0.5, 0.6) is 0 Å². The normalized spacial score (nSPS) is 10.6. The number of H-pyrrole nitrogens is 1. The summed E-state index contributed by atoms with van der Waals surface area (Å²) in [6, 6.07) is 4.08. The van der Waals surface area contributed by atoms with Gasteiger partial charge in [-0.3, -0.25) is 9.89 Å². The second-order valence-corrected chi connectivity index (χ2v) is 5.20. The molecule has 0 aromatic carbocycles. The maximum atomic E-state index is 12.2. The van der Waals surface area contributed by atoms with Gasteiger partial charge in [0, 0.05) is 24.2 Å². The lowest BCUT2D eigenvalue weighted by Crippen LogP contribution is -2.29. The highest BCUT2D eigenvalue weighted by Crippen LogP contribution is 2.15. The topological polar surface area (TPSA) is 75.0 Å². The van der Waals surface area contributed by atoms with E-state index in [4.69, 9.17) is 5.73 Å². The molecular weight excluding hydrogens is 248 g/mol. The highest BCUT2D eigenvalue weighted by Gasteiger charge is 2.19. The number of aromatic amines is 1. The Hall–Kier alpha value is -1.82. The van der Waals surface area contributed by atoms with Crippen LogP contribution in [-0.2, 0) is 6.42 Å². The number of rotatable bonds is 4. The molecule has 18 heavy (non-hydrogen) atoms. The Bertz CT molecular complexity index is 513. The number of carbonyl (C=O) groups is 1. The van der Waals surface area contributed by atoms with E-state index in [0.29, 0.717) is 17.8 Å². The van der Waals surface area contributed by atoms with Crippen molar-refractivity contribution in [3.63, 3.8) is 0 Å². The van der Waals surface area contributed by atoms with Crippen LogP contribution in [0.2, 0.25) is 0 Å². The number of aryl methyl sites for hydroxylation is 1. The quantitative estimate of drug-likeness (QED) is 0.882. The third kappa shape index (κ3) is 2.53. The molecule has 96 valence electrons. The predicted molar refractivity (Wildman–Crippen MR) is 72.7 cm³/mol. The molecule has 0 radical (unpaired) electrons. The molecule has 0 atom stereocenters. The van der Waals surface area contributed by atoms with Crippen LogP contribution >= 0.6 is 11.3 Å². The van der Waals surface area contributed by atoms with Gasteiger partial charge in [-0.05, 0) is 24.8 Å². The van der Waals surface area contributed by atoms with Crippen LogP contribution in [0.15, 0.2) is 17.5 Å². The molecule has 0 aliphatic carbocycles. The number of hydrogen-bond acceptors (Lipinski definition) is 4. The molecule has 0 saturated carbocycles. The lowest BCUT2D eigenvalue weighted by atomic mass is 10.2. The van der Waals surface area contributed by atoms with Crippen molar-refractivity contribution >= 4 is 23.1 Å². The van der Waals surface area contributed by atoms with Gasteiger partial charge >= 0.3 is 0 Å². The van der Waals surface area contributed by atoms with Crippen LogP contribution in [0.1, 0.15) is 20.9 Å². The van der Waals surface area contributed by atoms with Crippen LogP contribution in [0.3, 0.4) is 0 Å². The number of anilines is 1. The van der Waals surface area contributed by atoms with Crippen molar-refractivity contribution in [3.05, 3.63) is 33.6 Å². The minimum absolute atomic E-state index is 0.0877. The SMILES string of the molecule is Cc1[nH]nc(N)c1C(=O)N(C)CCc1cccs1. The fraction of sp³-hybridized carbons (Fsp3) is 0.333. The molecule has 0 bridgehead atoms. The molecule has 0 fully saturated rings. The van der Waals surface area contributed by atoms with E-state index in [1.807, 2.05) is 11.4 Å². The molecule has 5 nitrogen and oxygen atoms in total. The molecule has 0 spiro atoms. The Balaban J connectivity index is 2.01. The van der Waals surface area contributed by atoms with E-state index in [9.17, 15) is 4.79 Å². The van der Waals surface area contributed by atoms with E-state index in [2.05, 4.69) is 16.3 Å². The maximum absolute atomic E-state index is 12.2. The summed E-state index contributed by atoms with van der Waals surface area (Å²) in [6.45, 7) is 2.47. The van der Waals surface area contributed by atoms with Crippen LogP contribution in [0.25, 0.3) is 0 Å². The van der Waals surface area contributed by atoms with Gasteiger partial charge in [0.05, 0.1) is 0 Å². The monoisotopic (exact) mass is 264 g/mol. The van der Waals surface area contributed by atoms with Gasteiger partial charge in [0.2, 0.25) is 0 Å². The number of likely N-dealkylation sites (N-methyl/N-ethyl adjacent to an activating group) is 1. The Labute approximate surface area is 110 Å². The Morgan fingerprint density at radius 2 is 2.39 bits per heavy atom. The van der Waals surface area contributed by atoms with E-state index in [1.165, 1.54) is 4.88 Å². The van der Waals surface area contributed by atoms with Crippen LogP contribution < -0.4 is 5.73 Å². The standard InChI is InChI=1S/C12H16N4OS/c1-8-10(11(13)15-14-8)12(17)16(2)6-5-9-4-3-7-18-9/h3-4,7H,5-6H2,1-2H3,(H3,13,14,15). The van der Waals surface area contributed by atoms with Gasteiger partial charge in [0.1, 0.15) is 5.56 Å². The number of hydrogen-bond donors (Lipinski definition) is 2. The summed E-state index contributed by atoms with van der Waals surface area (Å²) >= 11 is 1.70. The Kier molecular flexibility index (Phi) is 3.66. The zero-order valence-corrected chi connectivity index (χ0v) is 11.3. The van der Waals surface area contributed by atoms with Gasteiger partial charge < -0.3 is 10.6 Å². The van der Waals surface area contributed by atoms with E-state index >= 15 is 0 Å². The molecule has 0 aliphatic heterocycles. The zero-order chi connectivity index (χ0) is 13.1. The van der Waals surface area contributed by atoms with Gasteiger partial charge in [-0.15, -0.1) is 11.3 Å². The van der Waals surface area contributed by atoms with Crippen molar-refractivity contribution in [2.24, 2.45) is 0 Å². The van der Waals surface area contributed by atoms with E-state index in [0.717, 1.165) is 6.42 Å². The average Bonchev–Trinajstić information content (AvgIpc) is 2.96. The number of amides is 1. The highest BCUT2D eigenvalue weighted by molar-refractivity contribution is 7.09. The molecule has 2 aromatic rings. The summed E-state index contributed by atoms with van der Waals surface area (Å²) in [6.07, 6.45) is 0.858. The fourth-order valence-electron chi connectivity index (χ4n) is 1.74.